The van der Waals surface area contributed by atoms with E-state index in [0.717, 1.165) is 87.9 Å². The molecule has 2 aliphatic heterocycles. The van der Waals surface area contributed by atoms with Crippen LogP contribution >= 0.6 is 0 Å². The van der Waals surface area contributed by atoms with Crippen LogP contribution in [-0.4, -0.2) is 26.8 Å². The minimum atomic E-state index is -3.41. The van der Waals surface area contributed by atoms with E-state index in [1.165, 1.54) is 15.6 Å². The molecule has 0 saturated heterocycles. The number of para-hydroxylation sites is 5. The first-order valence-corrected chi connectivity index (χ1v) is 34.1. The van der Waals surface area contributed by atoms with Gasteiger partial charge < -0.3 is 18.4 Å². The van der Waals surface area contributed by atoms with Crippen LogP contribution in [0.15, 0.2) is 346 Å². The Labute approximate surface area is 596 Å². The van der Waals surface area contributed by atoms with Gasteiger partial charge in [-0.1, -0.05) is 290 Å². The monoisotopic (exact) mass is 1460 g/mol. The van der Waals surface area contributed by atoms with E-state index in [9.17, 15) is 5.48 Å². The molecule has 0 spiro atoms. The van der Waals surface area contributed by atoms with Gasteiger partial charge in [0.15, 0.2) is 8.07 Å². The Balaban J connectivity index is 0.00000822. The predicted octanol–water partition coefficient (Wildman–Crippen LogP) is 18.7. The molecular formula is C90H57N5OPtSi-2. The molecule has 6 heterocycles. The first kappa shape index (κ1) is 48.7. The van der Waals surface area contributed by atoms with Crippen LogP contribution in [0.25, 0.3) is 133 Å². The molecule has 98 heavy (non-hydrogen) atoms. The van der Waals surface area contributed by atoms with Gasteiger partial charge in [0, 0.05) is 54.4 Å². The molecular weight excluding hydrogens is 1390 g/mol. The number of aromatic nitrogens is 5. The normalized spacial score (nSPS) is 13.7. The first-order chi connectivity index (χ1) is 52.3. The number of hydrogen-bond donors (Lipinski definition) is 0. The van der Waals surface area contributed by atoms with Crippen molar-refractivity contribution in [1.29, 1.82) is 0 Å². The summed E-state index contributed by atoms with van der Waals surface area (Å²) in [6.45, 7) is 0. The molecule has 464 valence electrons. The zero-order valence-corrected chi connectivity index (χ0v) is 55.4. The predicted molar refractivity (Wildman–Crippen MR) is 399 cm³/mol. The fourth-order valence-corrected chi connectivity index (χ4v) is 20.0. The summed E-state index contributed by atoms with van der Waals surface area (Å²) in [7, 11) is -3.41. The molecule has 0 unspecified atom stereocenters. The van der Waals surface area contributed by atoms with Crippen molar-refractivity contribution in [3.05, 3.63) is 364 Å². The van der Waals surface area contributed by atoms with Gasteiger partial charge >= 0.3 is 0 Å². The molecule has 20 rings (SSSR count). The Bertz CT molecular complexity index is 6580. The SMILES string of the molecule is [2H]c1c([2H])c([2H])c(-c2cccc(-c3c([2H])c([2H])c([2H])c([2H])c3[2H])c2-[n+]2[c-]n(-c3[c-]c(Oc4[c-]c5c(cc4)c4ccc6cc4n5-c4ccc(cn4)-n4c5ccccc5c5cccc(c54)-c4ccccc4-c4ccccc4-c4ccccc4[Si]6(c4ccccc4)c4ccccc4)ccc3)c3ccccc32)c([2H])c1[2H].[Pt]. The fraction of sp³-hybridized carbons (Fsp3) is 0. The Morgan fingerprint density at radius 1 is 0.398 bits per heavy atom. The summed E-state index contributed by atoms with van der Waals surface area (Å²) in [6.07, 6.45) is 5.46. The van der Waals surface area contributed by atoms with Crippen molar-refractivity contribution in [3.63, 3.8) is 0 Å². The van der Waals surface area contributed by atoms with E-state index >= 15 is 0 Å². The molecule has 0 atom stereocenters. The Morgan fingerprint density at radius 3 is 1.63 bits per heavy atom. The average Bonchev–Trinajstić information content (AvgIpc) is 1.38. The molecule has 0 aliphatic carbocycles. The van der Waals surface area contributed by atoms with Gasteiger partial charge in [-0.05, 0) is 106 Å². The standard InChI is InChI=1S/C90H57N5OSi.Pt/c1-5-26-61(27-6-1)70-42-24-43-71(62-28-7-2-8-29-62)89(70)93-60-92(83-47-20-21-48-84(83)93)63-30-23-31-65(56-63)96-66-51-53-77-78-54-52-69-58-86(78)95(85(77)57-66)88-55-50-64(59-91-88)94-82-46-19-17-40-76(82)81-45-25-44-80(90(81)94)75-39-16-14-37-73(75)72-36-13-15-38-74(72)79-41-18-22-49-87(79)97(69,67-32-9-3-10-33-67)68-34-11-4-12-35-68;/h1-55,58-59H;/q-2;/i1D,2D,5D,6D,7D,8D,26D,27D,28D,29D;. The van der Waals surface area contributed by atoms with Crippen molar-refractivity contribution in [2.45, 2.75) is 0 Å². The Kier molecular flexibility index (Phi) is 11.9. The van der Waals surface area contributed by atoms with Crippen molar-refractivity contribution in [3.8, 4) is 90.0 Å². The number of ether oxygens (including phenoxy) is 1. The van der Waals surface area contributed by atoms with E-state index < -0.39 is 68.5 Å². The smallest absolute Gasteiger partial charge is 0.268 e. The summed E-state index contributed by atoms with van der Waals surface area (Å²) in [4.78, 5) is 5.52. The first-order valence-electron chi connectivity index (χ1n) is 37.1. The number of nitrogens with zero attached hydrogens (tertiary/aromatic N) is 5. The third kappa shape index (κ3) is 9.33. The second-order valence-corrected chi connectivity index (χ2v) is 27.9. The molecule has 6 nitrogen and oxygen atoms in total. The van der Waals surface area contributed by atoms with E-state index in [1.807, 2.05) is 48.7 Å². The maximum absolute atomic E-state index is 9.21. The minimum absolute atomic E-state index is 0. The van der Waals surface area contributed by atoms with E-state index in [4.69, 9.17) is 17.9 Å². The van der Waals surface area contributed by atoms with Gasteiger partial charge in [-0.3, -0.25) is 4.57 Å². The van der Waals surface area contributed by atoms with Crippen LogP contribution < -0.4 is 30.1 Å². The van der Waals surface area contributed by atoms with E-state index in [-0.39, 0.29) is 49.0 Å². The number of pyridine rings is 1. The van der Waals surface area contributed by atoms with Crippen LogP contribution in [0.4, 0.5) is 0 Å². The van der Waals surface area contributed by atoms with E-state index in [1.54, 1.807) is 33.4 Å². The number of hydrogen-bond acceptors (Lipinski definition) is 2. The zero-order valence-electron chi connectivity index (χ0n) is 62.1. The van der Waals surface area contributed by atoms with Gasteiger partial charge in [-0.15, -0.1) is 29.7 Å². The molecule has 4 bridgehead atoms. The van der Waals surface area contributed by atoms with E-state index in [2.05, 4.69) is 240 Å². The van der Waals surface area contributed by atoms with Gasteiger partial charge in [-0.25, -0.2) is 4.98 Å². The van der Waals surface area contributed by atoms with E-state index in [0.29, 0.717) is 34.0 Å². The molecule has 0 fully saturated rings. The third-order valence-corrected chi connectivity index (χ3v) is 23.9. The second-order valence-electron chi connectivity index (χ2n) is 24.2. The number of benzene rings is 14. The van der Waals surface area contributed by atoms with Crippen molar-refractivity contribution < 1.29 is 44.1 Å². The molecule has 0 radical (unpaired) electrons. The Morgan fingerprint density at radius 2 is 0.939 bits per heavy atom. The number of imidazole rings is 1. The van der Waals surface area contributed by atoms with Crippen LogP contribution in [0.2, 0.25) is 0 Å². The molecule has 0 saturated carbocycles. The quantitative estimate of drug-likeness (QED) is 0.0864. The molecule has 2 aliphatic rings. The second kappa shape index (κ2) is 24.0. The largest absolute Gasteiger partial charge is 0.510 e. The molecule has 18 aromatic rings. The summed E-state index contributed by atoms with van der Waals surface area (Å²) < 4.78 is 104. The minimum Gasteiger partial charge on any atom is -0.510 e. The molecule has 14 aromatic carbocycles. The topological polar surface area (TPSA) is 40.8 Å². The van der Waals surface area contributed by atoms with Crippen molar-refractivity contribution >= 4 is 83.5 Å². The van der Waals surface area contributed by atoms with Crippen LogP contribution in [0.3, 0.4) is 0 Å². The van der Waals surface area contributed by atoms with Gasteiger partial charge in [0.25, 0.3) is 6.33 Å². The summed E-state index contributed by atoms with van der Waals surface area (Å²) in [5.41, 5.74) is 13.0. The third-order valence-electron chi connectivity index (χ3n) is 19.0. The average molecular weight is 1460 g/mol. The van der Waals surface area contributed by atoms with Gasteiger partial charge in [0.1, 0.15) is 5.82 Å². The molecule has 0 N–H and O–H groups in total. The summed E-state index contributed by atoms with van der Waals surface area (Å²) in [5.74, 6) is 1.37. The van der Waals surface area contributed by atoms with Crippen LogP contribution in [-0.2, 0) is 21.1 Å². The summed E-state index contributed by atoms with van der Waals surface area (Å²) in [5, 5.41) is 8.97. The van der Waals surface area contributed by atoms with Crippen molar-refractivity contribution in [2.24, 2.45) is 0 Å². The maximum atomic E-state index is 9.21. The van der Waals surface area contributed by atoms with Gasteiger partial charge in [0.05, 0.1) is 53.3 Å². The molecule has 0 amide bonds. The molecule has 4 aromatic heterocycles. The van der Waals surface area contributed by atoms with Crippen LogP contribution in [0.5, 0.6) is 11.5 Å². The van der Waals surface area contributed by atoms with Gasteiger partial charge in [0.2, 0.25) is 0 Å². The number of fused-ring (bicyclic) bond motifs is 7. The van der Waals surface area contributed by atoms with Crippen molar-refractivity contribution in [2.75, 3.05) is 0 Å². The van der Waals surface area contributed by atoms with Crippen LogP contribution in [0.1, 0.15) is 13.7 Å². The molecule has 8 heteroatoms. The number of rotatable bonds is 8. The fourth-order valence-electron chi connectivity index (χ4n) is 15.0. The van der Waals surface area contributed by atoms with Gasteiger partial charge in [-0.2, -0.15) is 18.2 Å². The summed E-state index contributed by atoms with van der Waals surface area (Å²) in [6, 6.07) is 98.8. The summed E-state index contributed by atoms with van der Waals surface area (Å²) >= 11 is 0. The zero-order chi connectivity index (χ0) is 72.7. The Hall–Kier alpha value is -12.0. The van der Waals surface area contributed by atoms with Crippen LogP contribution in [0, 0.1) is 18.5 Å². The maximum Gasteiger partial charge on any atom is 0.268 e. The van der Waals surface area contributed by atoms with Crippen molar-refractivity contribution in [1.82, 2.24) is 18.7 Å².